The number of aromatic amines is 1. The van der Waals surface area contributed by atoms with Crippen LogP contribution in [0.15, 0.2) is 35.1 Å². The number of carboxylic acid groups (broad SMARTS) is 1. The number of phenols is 1. The summed E-state index contributed by atoms with van der Waals surface area (Å²) in [6, 6.07) is 8.43. The number of ether oxygens (including phenoxy) is 1. The summed E-state index contributed by atoms with van der Waals surface area (Å²) in [5.74, 6) is -0.0172. The molecule has 0 bridgehead atoms. The van der Waals surface area contributed by atoms with Gasteiger partial charge in [0.25, 0.3) is 5.56 Å². The van der Waals surface area contributed by atoms with Gasteiger partial charge in [0.1, 0.15) is 22.7 Å². The maximum Gasteiger partial charge on any atom is 0.341 e. The molecule has 1 saturated carbocycles. The number of nitrogens with zero attached hydrogens (tertiary/aromatic N) is 1. The van der Waals surface area contributed by atoms with Gasteiger partial charge >= 0.3 is 5.97 Å². The second-order valence-electron chi connectivity index (χ2n) is 8.62. The molecule has 0 spiro atoms. The van der Waals surface area contributed by atoms with Gasteiger partial charge in [-0.3, -0.25) is 4.79 Å². The lowest BCUT2D eigenvalue weighted by Gasteiger charge is -2.25. The number of H-pyrrole nitrogens is 1. The zero-order valence-corrected chi connectivity index (χ0v) is 17.6. The molecule has 1 aliphatic heterocycles. The van der Waals surface area contributed by atoms with Gasteiger partial charge in [-0.05, 0) is 73.9 Å². The molecule has 0 radical (unpaired) electrons. The highest BCUT2D eigenvalue weighted by atomic mass is 16.5. The number of fused-ring (bicyclic) bond motifs is 1. The summed E-state index contributed by atoms with van der Waals surface area (Å²) in [5.41, 5.74) is 1.14. The normalized spacial score (nSPS) is 18.6. The van der Waals surface area contributed by atoms with Crippen molar-refractivity contribution in [3.63, 3.8) is 0 Å². The lowest BCUT2D eigenvalue weighted by Crippen LogP contribution is -2.28. The zero-order valence-electron chi connectivity index (χ0n) is 17.6. The molecule has 1 aromatic carbocycles. The predicted molar refractivity (Wildman–Crippen MR) is 119 cm³/mol. The molecule has 4 N–H and O–H groups in total. The Morgan fingerprint density at radius 1 is 1.22 bits per heavy atom. The summed E-state index contributed by atoms with van der Waals surface area (Å²) in [4.78, 5) is 31.2. The molecule has 1 atom stereocenters. The summed E-state index contributed by atoms with van der Waals surface area (Å²) < 4.78 is 6.01. The lowest BCUT2D eigenvalue weighted by atomic mass is 9.88. The van der Waals surface area contributed by atoms with E-state index in [1.54, 1.807) is 18.2 Å². The van der Waals surface area contributed by atoms with Crippen LogP contribution in [-0.4, -0.2) is 45.8 Å². The average molecular weight is 435 g/mol. The third kappa shape index (κ3) is 3.93. The molecule has 166 valence electrons. The van der Waals surface area contributed by atoms with Gasteiger partial charge in [0.2, 0.25) is 0 Å². The van der Waals surface area contributed by atoms with Gasteiger partial charge in [-0.2, -0.15) is 0 Å². The minimum absolute atomic E-state index is 0.0439. The molecule has 3 aromatic rings. The van der Waals surface area contributed by atoms with E-state index in [9.17, 15) is 19.8 Å². The van der Waals surface area contributed by atoms with Crippen LogP contribution in [0.1, 0.15) is 47.5 Å². The maximum atomic E-state index is 12.4. The third-order valence-corrected chi connectivity index (χ3v) is 6.25. The van der Waals surface area contributed by atoms with Crippen molar-refractivity contribution in [1.82, 2.24) is 15.3 Å². The molecule has 8 nitrogen and oxygen atoms in total. The number of aromatic hydroxyl groups is 1. The molecule has 1 aliphatic carbocycles. The number of aromatic carboxylic acids is 1. The molecule has 5 rings (SSSR count). The zero-order chi connectivity index (χ0) is 22.2. The van der Waals surface area contributed by atoms with Crippen LogP contribution in [0.5, 0.6) is 11.5 Å². The monoisotopic (exact) mass is 435 g/mol. The molecular weight excluding hydrogens is 410 g/mol. The number of benzene rings is 1. The smallest absolute Gasteiger partial charge is 0.341 e. The number of nitrogens with one attached hydrogen (secondary N) is 2. The summed E-state index contributed by atoms with van der Waals surface area (Å²) in [6.07, 6.45) is 4.22. The van der Waals surface area contributed by atoms with Crippen LogP contribution in [0.3, 0.4) is 0 Å². The Morgan fingerprint density at radius 3 is 2.78 bits per heavy atom. The van der Waals surface area contributed by atoms with E-state index in [2.05, 4.69) is 15.3 Å². The number of rotatable bonds is 6. The number of carboxylic acids is 1. The summed E-state index contributed by atoms with van der Waals surface area (Å²) in [5, 5.41) is 24.1. The van der Waals surface area contributed by atoms with Crippen molar-refractivity contribution < 1.29 is 19.7 Å². The van der Waals surface area contributed by atoms with Crippen LogP contribution in [0.25, 0.3) is 22.3 Å². The minimum atomic E-state index is -1.28. The fraction of sp³-hybridized carbons (Fsp3) is 0.375. The van der Waals surface area contributed by atoms with Gasteiger partial charge in [-0.25, -0.2) is 9.78 Å². The first-order chi connectivity index (χ1) is 15.5. The second-order valence-corrected chi connectivity index (χ2v) is 8.62. The highest BCUT2D eigenvalue weighted by molar-refractivity contribution is 5.93. The first-order valence-electron chi connectivity index (χ1n) is 11.0. The molecule has 1 saturated heterocycles. The second kappa shape index (κ2) is 8.27. The SMILES string of the molecule is O=C(O)c1cc2c(C3CCCNC3)cc(-c3c(O)cccc3OCC3CC3)nc2[nH]c1=O. The molecular formula is C24H25N3O5. The lowest BCUT2D eigenvalue weighted by molar-refractivity contribution is 0.0695. The average Bonchev–Trinajstić information content (AvgIpc) is 3.61. The molecule has 32 heavy (non-hydrogen) atoms. The van der Waals surface area contributed by atoms with Crippen molar-refractivity contribution in [1.29, 1.82) is 0 Å². The summed E-state index contributed by atoms with van der Waals surface area (Å²) in [7, 11) is 0. The van der Waals surface area contributed by atoms with Gasteiger partial charge in [-0.15, -0.1) is 0 Å². The highest BCUT2D eigenvalue weighted by Crippen LogP contribution is 2.41. The summed E-state index contributed by atoms with van der Waals surface area (Å²) in [6.45, 7) is 2.26. The fourth-order valence-electron chi connectivity index (χ4n) is 4.34. The van der Waals surface area contributed by atoms with Crippen LogP contribution >= 0.6 is 0 Å². The Morgan fingerprint density at radius 2 is 2.06 bits per heavy atom. The van der Waals surface area contributed by atoms with Crippen molar-refractivity contribution in [2.75, 3.05) is 19.7 Å². The summed E-state index contributed by atoms with van der Waals surface area (Å²) >= 11 is 0. The van der Waals surface area contributed by atoms with E-state index in [0.29, 0.717) is 40.6 Å². The predicted octanol–water partition coefficient (Wildman–Crippen LogP) is 3.25. The van der Waals surface area contributed by atoms with E-state index in [-0.39, 0.29) is 17.2 Å². The van der Waals surface area contributed by atoms with Crippen LogP contribution in [0.4, 0.5) is 0 Å². The van der Waals surface area contributed by atoms with E-state index in [1.807, 2.05) is 6.07 Å². The van der Waals surface area contributed by atoms with Gasteiger partial charge in [0, 0.05) is 11.9 Å². The van der Waals surface area contributed by atoms with E-state index in [1.165, 1.54) is 6.07 Å². The topological polar surface area (TPSA) is 125 Å². The number of hydrogen-bond donors (Lipinski definition) is 4. The van der Waals surface area contributed by atoms with Gasteiger partial charge < -0.3 is 25.3 Å². The Kier molecular flexibility index (Phi) is 5.30. The third-order valence-electron chi connectivity index (χ3n) is 6.25. The van der Waals surface area contributed by atoms with Crippen LogP contribution < -0.4 is 15.6 Å². The Balaban J connectivity index is 1.70. The number of phenolic OH excluding ortho intramolecular Hbond substituents is 1. The minimum Gasteiger partial charge on any atom is -0.507 e. The fourth-order valence-corrected chi connectivity index (χ4v) is 4.34. The first kappa shape index (κ1) is 20.5. The largest absolute Gasteiger partial charge is 0.507 e. The number of piperidine rings is 1. The first-order valence-corrected chi connectivity index (χ1v) is 11.0. The standard InChI is InChI=1S/C24H25N3O5/c28-19-4-1-5-20(32-12-13-6-7-13)21(19)18-10-15(14-3-2-8-25-11-14)16-9-17(24(30)31)23(29)27-22(16)26-18/h1,4-5,9-10,13-14,25,28H,2-3,6-8,11-12H2,(H,30,31)(H,26,27,29). The molecule has 2 aliphatic rings. The Hall–Kier alpha value is -3.39. The number of hydrogen-bond acceptors (Lipinski definition) is 6. The molecule has 3 heterocycles. The number of carbonyl (C=O) groups is 1. The van der Waals surface area contributed by atoms with Gasteiger partial charge in [-0.1, -0.05) is 6.07 Å². The molecule has 1 unspecified atom stereocenters. The van der Waals surface area contributed by atoms with Crippen LogP contribution in [-0.2, 0) is 0 Å². The van der Waals surface area contributed by atoms with Crippen LogP contribution in [0.2, 0.25) is 0 Å². The maximum absolute atomic E-state index is 12.4. The molecule has 2 aromatic heterocycles. The van der Waals surface area contributed by atoms with Crippen molar-refractivity contribution in [2.45, 2.75) is 31.6 Å². The van der Waals surface area contributed by atoms with Crippen LogP contribution in [0, 0.1) is 5.92 Å². The Labute approximate surface area is 184 Å². The number of aromatic nitrogens is 2. The van der Waals surface area contributed by atoms with Crippen molar-refractivity contribution in [2.24, 2.45) is 5.92 Å². The highest BCUT2D eigenvalue weighted by Gasteiger charge is 2.25. The molecule has 8 heteroatoms. The van der Waals surface area contributed by atoms with E-state index in [0.717, 1.165) is 44.3 Å². The van der Waals surface area contributed by atoms with E-state index < -0.39 is 11.5 Å². The molecule has 2 fully saturated rings. The van der Waals surface area contributed by atoms with Crippen molar-refractivity contribution in [3.05, 3.63) is 51.8 Å². The molecule has 0 amide bonds. The van der Waals surface area contributed by atoms with Crippen molar-refractivity contribution >= 4 is 17.0 Å². The van der Waals surface area contributed by atoms with E-state index in [4.69, 9.17) is 4.74 Å². The number of pyridine rings is 2. The Bertz CT molecular complexity index is 1240. The van der Waals surface area contributed by atoms with Crippen molar-refractivity contribution in [3.8, 4) is 22.8 Å². The van der Waals surface area contributed by atoms with Gasteiger partial charge in [0.15, 0.2) is 0 Å². The van der Waals surface area contributed by atoms with Gasteiger partial charge in [0.05, 0.1) is 17.9 Å². The quantitative estimate of drug-likeness (QED) is 0.468. The van der Waals surface area contributed by atoms with E-state index >= 15 is 0 Å².